The average molecular weight is 457 g/mol. The number of nitro benzene ring substituents is 1. The van der Waals surface area contributed by atoms with Crippen molar-refractivity contribution in [3.63, 3.8) is 0 Å². The van der Waals surface area contributed by atoms with Gasteiger partial charge in [-0.05, 0) is 73.9 Å². The number of hydrogen-bond acceptors (Lipinski definition) is 6. The molecular formula is C26H23N3O5. The van der Waals surface area contributed by atoms with Crippen molar-refractivity contribution in [2.24, 2.45) is 0 Å². The third-order valence-corrected chi connectivity index (χ3v) is 5.06. The number of nitrogens with zero attached hydrogens (tertiary/aromatic N) is 2. The van der Waals surface area contributed by atoms with Crippen molar-refractivity contribution in [3.05, 3.63) is 92.5 Å². The summed E-state index contributed by atoms with van der Waals surface area (Å²) in [4.78, 5) is 23.8. The maximum atomic E-state index is 12.7. The predicted molar refractivity (Wildman–Crippen MR) is 129 cm³/mol. The molecule has 3 aromatic carbocycles. The van der Waals surface area contributed by atoms with Gasteiger partial charge in [-0.25, -0.2) is 0 Å². The maximum absolute atomic E-state index is 12.7. The molecule has 0 aliphatic carbocycles. The number of amides is 1. The fourth-order valence-corrected chi connectivity index (χ4v) is 3.50. The third-order valence-electron chi connectivity index (χ3n) is 5.06. The summed E-state index contributed by atoms with van der Waals surface area (Å²) < 4.78 is 10.7. The number of aryl methyl sites for hydroxylation is 3. The van der Waals surface area contributed by atoms with Gasteiger partial charge < -0.3 is 14.8 Å². The Morgan fingerprint density at radius 3 is 2.21 bits per heavy atom. The lowest BCUT2D eigenvalue weighted by Gasteiger charge is -2.12. The number of nitriles is 1. The van der Waals surface area contributed by atoms with Crippen LogP contribution in [0.1, 0.15) is 22.3 Å². The fraction of sp³-hybridized carbons (Fsp3) is 0.154. The maximum Gasteiger partial charge on any atom is 0.312 e. The van der Waals surface area contributed by atoms with Gasteiger partial charge in [0, 0.05) is 11.8 Å². The summed E-state index contributed by atoms with van der Waals surface area (Å²) in [6, 6.07) is 16.6. The van der Waals surface area contributed by atoms with Crippen LogP contribution in [0.2, 0.25) is 0 Å². The molecule has 0 aromatic heterocycles. The predicted octanol–water partition coefficient (Wildman–Crippen LogP) is 5.87. The van der Waals surface area contributed by atoms with Crippen molar-refractivity contribution in [2.45, 2.75) is 20.8 Å². The summed E-state index contributed by atoms with van der Waals surface area (Å²) in [5.41, 5.74) is 3.28. The molecular weight excluding hydrogens is 434 g/mol. The number of rotatable bonds is 7. The molecule has 8 heteroatoms. The van der Waals surface area contributed by atoms with Crippen LogP contribution in [0.25, 0.3) is 6.08 Å². The SMILES string of the molecule is COc1ccc(Oc2ccc(/C=C(\C#N)C(=O)Nc3c(C)cc(C)cc3C)cc2[N+](=O)[O-])cc1. The van der Waals surface area contributed by atoms with E-state index in [1.807, 2.05) is 39.0 Å². The highest BCUT2D eigenvalue weighted by Crippen LogP contribution is 2.33. The second-order valence-corrected chi connectivity index (χ2v) is 7.66. The van der Waals surface area contributed by atoms with Gasteiger partial charge in [0.1, 0.15) is 23.1 Å². The van der Waals surface area contributed by atoms with Gasteiger partial charge in [0.15, 0.2) is 0 Å². The third kappa shape index (κ3) is 5.58. The van der Waals surface area contributed by atoms with Gasteiger partial charge in [0.2, 0.25) is 5.75 Å². The zero-order valence-electron chi connectivity index (χ0n) is 19.2. The Balaban J connectivity index is 1.88. The van der Waals surface area contributed by atoms with Gasteiger partial charge in [-0.3, -0.25) is 14.9 Å². The zero-order chi connectivity index (χ0) is 24.8. The van der Waals surface area contributed by atoms with Crippen molar-refractivity contribution >= 4 is 23.4 Å². The molecule has 0 saturated heterocycles. The zero-order valence-corrected chi connectivity index (χ0v) is 19.2. The number of ether oxygens (including phenoxy) is 2. The number of benzene rings is 3. The molecule has 0 aliphatic heterocycles. The van der Waals surface area contributed by atoms with E-state index in [2.05, 4.69) is 5.32 Å². The molecule has 0 saturated carbocycles. The van der Waals surface area contributed by atoms with Crippen LogP contribution < -0.4 is 14.8 Å². The fourth-order valence-electron chi connectivity index (χ4n) is 3.50. The quantitative estimate of drug-likeness (QED) is 0.205. The van der Waals surface area contributed by atoms with Crippen molar-refractivity contribution in [1.29, 1.82) is 5.26 Å². The lowest BCUT2D eigenvalue weighted by molar-refractivity contribution is -0.385. The normalized spacial score (nSPS) is 10.9. The Kier molecular flexibility index (Phi) is 7.29. The van der Waals surface area contributed by atoms with Crippen LogP contribution >= 0.6 is 0 Å². The van der Waals surface area contributed by atoms with Crippen LogP contribution in [-0.2, 0) is 4.79 Å². The summed E-state index contributed by atoms with van der Waals surface area (Å²) in [6.07, 6.45) is 1.30. The Bertz CT molecular complexity index is 1300. The first-order chi connectivity index (χ1) is 16.2. The van der Waals surface area contributed by atoms with Gasteiger partial charge in [0.25, 0.3) is 5.91 Å². The average Bonchev–Trinajstić information content (AvgIpc) is 2.80. The van der Waals surface area contributed by atoms with E-state index < -0.39 is 10.8 Å². The largest absolute Gasteiger partial charge is 0.497 e. The number of methoxy groups -OCH3 is 1. The molecule has 0 heterocycles. The molecule has 0 unspecified atom stereocenters. The Labute approximate surface area is 197 Å². The lowest BCUT2D eigenvalue weighted by Crippen LogP contribution is -2.15. The number of nitrogens with one attached hydrogen (secondary N) is 1. The van der Waals surface area contributed by atoms with Gasteiger partial charge in [-0.15, -0.1) is 0 Å². The summed E-state index contributed by atoms with van der Waals surface area (Å²) in [6.45, 7) is 5.70. The van der Waals surface area contributed by atoms with E-state index in [4.69, 9.17) is 9.47 Å². The molecule has 172 valence electrons. The molecule has 0 radical (unpaired) electrons. The lowest BCUT2D eigenvalue weighted by atomic mass is 10.0. The van der Waals surface area contributed by atoms with Crippen molar-refractivity contribution < 1.29 is 19.2 Å². The standard InChI is InChI=1S/C26H23N3O5/c1-16-11-17(2)25(18(3)12-16)28-26(30)20(15-27)13-19-5-10-24(23(14-19)29(31)32)34-22-8-6-21(33-4)7-9-22/h5-14H,1-4H3,(H,28,30)/b20-13+. The number of anilines is 1. The highest BCUT2D eigenvalue weighted by Gasteiger charge is 2.18. The van der Waals surface area contributed by atoms with E-state index in [0.29, 0.717) is 22.7 Å². The summed E-state index contributed by atoms with van der Waals surface area (Å²) in [7, 11) is 1.53. The molecule has 0 bridgehead atoms. The van der Waals surface area contributed by atoms with Crippen molar-refractivity contribution in [3.8, 4) is 23.3 Å². The molecule has 3 aromatic rings. The Morgan fingerprint density at radius 2 is 1.65 bits per heavy atom. The number of carbonyl (C=O) groups is 1. The second kappa shape index (κ2) is 10.3. The van der Waals surface area contributed by atoms with Crippen LogP contribution in [0, 0.1) is 42.2 Å². The van der Waals surface area contributed by atoms with Crippen LogP contribution in [0.15, 0.2) is 60.2 Å². The number of carbonyl (C=O) groups excluding carboxylic acids is 1. The molecule has 0 spiro atoms. The molecule has 8 nitrogen and oxygen atoms in total. The molecule has 1 amide bonds. The smallest absolute Gasteiger partial charge is 0.312 e. The topological polar surface area (TPSA) is 114 Å². The first-order valence-electron chi connectivity index (χ1n) is 10.3. The summed E-state index contributed by atoms with van der Waals surface area (Å²) in [5.74, 6) is 0.453. The minimum Gasteiger partial charge on any atom is -0.497 e. The Hall–Kier alpha value is -4.64. The molecule has 0 fully saturated rings. The molecule has 34 heavy (non-hydrogen) atoms. The van der Waals surface area contributed by atoms with E-state index in [-0.39, 0.29) is 17.0 Å². The second-order valence-electron chi connectivity index (χ2n) is 7.66. The van der Waals surface area contributed by atoms with Crippen LogP contribution in [0.3, 0.4) is 0 Å². The first-order valence-corrected chi connectivity index (χ1v) is 10.3. The summed E-state index contributed by atoms with van der Waals surface area (Å²) >= 11 is 0. The van der Waals surface area contributed by atoms with Gasteiger partial charge >= 0.3 is 5.69 Å². The van der Waals surface area contributed by atoms with E-state index in [0.717, 1.165) is 16.7 Å². The van der Waals surface area contributed by atoms with Gasteiger partial charge in [-0.1, -0.05) is 23.8 Å². The number of hydrogen-bond donors (Lipinski definition) is 1. The number of nitro groups is 1. The van der Waals surface area contributed by atoms with Crippen LogP contribution in [0.4, 0.5) is 11.4 Å². The monoisotopic (exact) mass is 457 g/mol. The van der Waals surface area contributed by atoms with E-state index in [1.165, 1.54) is 25.3 Å². The molecule has 1 N–H and O–H groups in total. The molecule has 0 atom stereocenters. The van der Waals surface area contributed by atoms with Crippen molar-refractivity contribution in [2.75, 3.05) is 12.4 Å². The van der Waals surface area contributed by atoms with Gasteiger partial charge in [-0.2, -0.15) is 5.26 Å². The molecule has 0 aliphatic rings. The van der Waals surface area contributed by atoms with E-state index in [1.54, 1.807) is 30.3 Å². The highest BCUT2D eigenvalue weighted by molar-refractivity contribution is 6.10. The van der Waals surface area contributed by atoms with E-state index >= 15 is 0 Å². The van der Waals surface area contributed by atoms with Crippen LogP contribution in [-0.4, -0.2) is 17.9 Å². The first kappa shape index (κ1) is 24.0. The minimum atomic E-state index is -0.598. The van der Waals surface area contributed by atoms with E-state index in [9.17, 15) is 20.2 Å². The Morgan fingerprint density at radius 1 is 1.03 bits per heavy atom. The minimum absolute atomic E-state index is 0.0289. The molecule has 3 rings (SSSR count). The summed E-state index contributed by atoms with van der Waals surface area (Å²) in [5, 5.41) is 23.9. The van der Waals surface area contributed by atoms with Crippen LogP contribution in [0.5, 0.6) is 17.2 Å². The highest BCUT2D eigenvalue weighted by atomic mass is 16.6. The van der Waals surface area contributed by atoms with Crippen molar-refractivity contribution in [1.82, 2.24) is 0 Å². The van der Waals surface area contributed by atoms with Gasteiger partial charge in [0.05, 0.1) is 12.0 Å².